The molecule has 0 spiro atoms. The van der Waals surface area contributed by atoms with E-state index in [1.807, 2.05) is 60.7 Å². The van der Waals surface area contributed by atoms with E-state index in [0.29, 0.717) is 18.4 Å². The van der Waals surface area contributed by atoms with E-state index in [9.17, 15) is 14.4 Å². The molecule has 0 heterocycles. The summed E-state index contributed by atoms with van der Waals surface area (Å²) in [6.45, 7) is 0.274. The van der Waals surface area contributed by atoms with Crippen LogP contribution in [0.25, 0.3) is 10.8 Å². The monoisotopic (exact) mass is 474 g/mol. The molecule has 0 saturated heterocycles. The quantitative estimate of drug-likeness (QED) is 0.168. The molecule has 182 valence electrons. The van der Waals surface area contributed by atoms with Crippen LogP contribution in [-0.2, 0) is 16.0 Å². The Kier molecular flexibility index (Phi) is 8.91. The molecule has 3 amide bonds. The molecule has 0 aromatic heterocycles. The minimum atomic E-state index is -0.983. The number of nitrogens with one attached hydrogen (secondary N) is 2. The average Bonchev–Trinajstić information content (AvgIpc) is 2.85. The second-order valence-electron chi connectivity index (χ2n) is 8.19. The summed E-state index contributed by atoms with van der Waals surface area (Å²) in [6.07, 6.45) is 0.941. The first kappa shape index (κ1) is 25.4. The third kappa shape index (κ3) is 7.65. The van der Waals surface area contributed by atoms with E-state index in [1.165, 1.54) is 0 Å². The Morgan fingerprint density at radius 2 is 1.54 bits per heavy atom. The standard InChI is InChI=1S/C26H30N6O3/c27-21(15-17-7-2-1-3-8-17)24(34)31-22(11-6-14-30-26(28)29)25(35)32-23(33)20-13-12-18-9-4-5-10-19(18)16-20/h1-5,7-10,12-13,16,21-22H,6,11,14-15,27H2,(H,31,34)(H4,28,29,30)(H,32,33,35)/t21-,22-/m0/s1. The molecule has 3 rings (SSSR count). The maximum atomic E-state index is 13.0. The number of fused-ring (bicyclic) bond motifs is 1. The fraction of sp³-hybridized carbons (Fsp3) is 0.231. The normalized spacial score (nSPS) is 12.4. The van der Waals surface area contributed by atoms with Gasteiger partial charge in [0.15, 0.2) is 5.96 Å². The Morgan fingerprint density at radius 3 is 2.26 bits per heavy atom. The van der Waals surface area contributed by atoms with Gasteiger partial charge < -0.3 is 22.5 Å². The van der Waals surface area contributed by atoms with Crippen molar-refractivity contribution in [2.45, 2.75) is 31.3 Å². The molecule has 0 aliphatic rings. The zero-order valence-corrected chi connectivity index (χ0v) is 19.3. The molecule has 0 unspecified atom stereocenters. The van der Waals surface area contributed by atoms with Gasteiger partial charge in [-0.15, -0.1) is 0 Å². The van der Waals surface area contributed by atoms with Crippen molar-refractivity contribution < 1.29 is 14.4 Å². The van der Waals surface area contributed by atoms with E-state index in [1.54, 1.807) is 12.1 Å². The Labute approximate surface area is 203 Å². The van der Waals surface area contributed by atoms with Gasteiger partial charge in [0.25, 0.3) is 5.91 Å². The minimum Gasteiger partial charge on any atom is -0.370 e. The highest BCUT2D eigenvalue weighted by atomic mass is 16.2. The van der Waals surface area contributed by atoms with Crippen molar-refractivity contribution >= 4 is 34.5 Å². The first-order valence-electron chi connectivity index (χ1n) is 11.3. The summed E-state index contributed by atoms with van der Waals surface area (Å²) in [5.74, 6) is -1.74. The lowest BCUT2D eigenvalue weighted by molar-refractivity contribution is -0.129. The van der Waals surface area contributed by atoms with Crippen molar-refractivity contribution in [2.24, 2.45) is 22.2 Å². The molecule has 3 aromatic carbocycles. The van der Waals surface area contributed by atoms with Gasteiger partial charge in [-0.2, -0.15) is 0 Å². The molecule has 0 aliphatic heterocycles. The number of benzene rings is 3. The lowest BCUT2D eigenvalue weighted by Crippen LogP contribution is -2.53. The largest absolute Gasteiger partial charge is 0.370 e. The summed E-state index contributed by atoms with van der Waals surface area (Å²) in [4.78, 5) is 42.4. The molecule has 9 heteroatoms. The van der Waals surface area contributed by atoms with E-state index >= 15 is 0 Å². The molecular formula is C26H30N6O3. The summed E-state index contributed by atoms with van der Waals surface area (Å²) in [5, 5.41) is 6.91. The zero-order chi connectivity index (χ0) is 25.2. The highest BCUT2D eigenvalue weighted by Gasteiger charge is 2.25. The van der Waals surface area contributed by atoms with Gasteiger partial charge in [0.2, 0.25) is 11.8 Å². The van der Waals surface area contributed by atoms with Gasteiger partial charge in [-0.1, -0.05) is 60.7 Å². The minimum absolute atomic E-state index is 0.0635. The molecule has 0 bridgehead atoms. The van der Waals surface area contributed by atoms with Crippen LogP contribution >= 0.6 is 0 Å². The van der Waals surface area contributed by atoms with E-state index in [4.69, 9.17) is 17.2 Å². The molecule has 35 heavy (non-hydrogen) atoms. The van der Waals surface area contributed by atoms with Crippen LogP contribution in [0.1, 0.15) is 28.8 Å². The Balaban J connectivity index is 1.67. The van der Waals surface area contributed by atoms with Gasteiger partial charge in [-0.05, 0) is 47.7 Å². The number of aliphatic imine (C=N–C) groups is 1. The smallest absolute Gasteiger partial charge is 0.257 e. The number of carbonyl (C=O) groups is 3. The Hall–Kier alpha value is -4.24. The number of guanidine groups is 1. The number of imide groups is 1. The second-order valence-corrected chi connectivity index (χ2v) is 8.19. The van der Waals surface area contributed by atoms with Crippen LogP contribution in [0.3, 0.4) is 0 Å². The van der Waals surface area contributed by atoms with Crippen LogP contribution in [0.4, 0.5) is 0 Å². The Morgan fingerprint density at radius 1 is 0.857 bits per heavy atom. The van der Waals surface area contributed by atoms with Crippen molar-refractivity contribution in [3.8, 4) is 0 Å². The maximum Gasteiger partial charge on any atom is 0.257 e. The second kappa shape index (κ2) is 12.3. The highest BCUT2D eigenvalue weighted by molar-refractivity contribution is 6.08. The van der Waals surface area contributed by atoms with Crippen LogP contribution in [0.2, 0.25) is 0 Å². The number of nitrogens with two attached hydrogens (primary N) is 3. The number of rotatable bonds is 10. The Bertz CT molecular complexity index is 1210. The third-order valence-corrected chi connectivity index (χ3v) is 5.46. The average molecular weight is 475 g/mol. The van der Waals surface area contributed by atoms with Gasteiger partial charge in [-0.3, -0.25) is 24.7 Å². The van der Waals surface area contributed by atoms with E-state index < -0.39 is 29.8 Å². The van der Waals surface area contributed by atoms with Gasteiger partial charge in [0.05, 0.1) is 6.04 Å². The predicted octanol–water partition coefficient (Wildman–Crippen LogP) is 1.20. The first-order valence-corrected chi connectivity index (χ1v) is 11.3. The third-order valence-electron chi connectivity index (χ3n) is 5.46. The molecule has 0 saturated carbocycles. The summed E-state index contributed by atoms with van der Waals surface area (Å²) in [7, 11) is 0. The van der Waals surface area contributed by atoms with Crippen LogP contribution in [0.5, 0.6) is 0 Å². The summed E-state index contributed by atoms with van der Waals surface area (Å²) in [5.41, 5.74) is 18.0. The lowest BCUT2D eigenvalue weighted by atomic mass is 10.0. The number of amides is 3. The molecule has 2 atom stereocenters. The molecular weight excluding hydrogens is 444 g/mol. The fourth-order valence-electron chi connectivity index (χ4n) is 3.61. The SMILES string of the molecule is NC(N)=NCCC[C@H](NC(=O)[C@@H](N)Cc1ccccc1)C(=O)NC(=O)c1ccc2ccccc2c1. The predicted molar refractivity (Wildman–Crippen MR) is 136 cm³/mol. The van der Waals surface area contributed by atoms with Crippen molar-refractivity contribution in [3.63, 3.8) is 0 Å². The van der Waals surface area contributed by atoms with E-state index in [-0.39, 0.29) is 18.9 Å². The van der Waals surface area contributed by atoms with Gasteiger partial charge in [-0.25, -0.2) is 0 Å². The van der Waals surface area contributed by atoms with E-state index in [0.717, 1.165) is 16.3 Å². The van der Waals surface area contributed by atoms with Gasteiger partial charge in [0, 0.05) is 12.1 Å². The molecule has 8 N–H and O–H groups in total. The molecule has 9 nitrogen and oxygen atoms in total. The molecule has 0 aliphatic carbocycles. The lowest BCUT2D eigenvalue weighted by Gasteiger charge is -2.20. The number of hydrogen-bond acceptors (Lipinski definition) is 5. The zero-order valence-electron chi connectivity index (χ0n) is 19.3. The van der Waals surface area contributed by atoms with Crippen molar-refractivity contribution in [1.29, 1.82) is 0 Å². The van der Waals surface area contributed by atoms with Crippen molar-refractivity contribution in [1.82, 2.24) is 10.6 Å². The van der Waals surface area contributed by atoms with Crippen LogP contribution in [0.15, 0.2) is 77.8 Å². The maximum absolute atomic E-state index is 13.0. The van der Waals surface area contributed by atoms with Crippen LogP contribution < -0.4 is 27.8 Å². The van der Waals surface area contributed by atoms with Gasteiger partial charge >= 0.3 is 0 Å². The van der Waals surface area contributed by atoms with Crippen LogP contribution in [0, 0.1) is 0 Å². The van der Waals surface area contributed by atoms with Crippen molar-refractivity contribution in [2.75, 3.05) is 6.54 Å². The summed E-state index contributed by atoms with van der Waals surface area (Å²) >= 11 is 0. The summed E-state index contributed by atoms with van der Waals surface area (Å²) in [6, 6.07) is 20.2. The number of hydrogen-bond donors (Lipinski definition) is 5. The van der Waals surface area contributed by atoms with Gasteiger partial charge in [0.1, 0.15) is 6.04 Å². The van der Waals surface area contributed by atoms with Crippen molar-refractivity contribution in [3.05, 3.63) is 83.9 Å². The number of carbonyl (C=O) groups excluding carboxylic acids is 3. The first-order chi connectivity index (χ1) is 16.8. The molecule has 3 aromatic rings. The fourth-order valence-corrected chi connectivity index (χ4v) is 3.61. The topological polar surface area (TPSA) is 166 Å². The number of nitrogens with zero attached hydrogens (tertiary/aromatic N) is 1. The molecule has 0 fully saturated rings. The van der Waals surface area contributed by atoms with Crippen LogP contribution in [-0.4, -0.2) is 42.3 Å². The highest BCUT2D eigenvalue weighted by Crippen LogP contribution is 2.15. The van der Waals surface area contributed by atoms with E-state index in [2.05, 4.69) is 15.6 Å². The summed E-state index contributed by atoms with van der Waals surface area (Å²) < 4.78 is 0. The molecule has 0 radical (unpaired) electrons.